The number of aromatic nitrogens is 3. The lowest BCUT2D eigenvalue weighted by atomic mass is 9.84. The van der Waals surface area contributed by atoms with Gasteiger partial charge in [0.15, 0.2) is 5.58 Å². The largest absolute Gasteiger partial charge is 0.447 e. The van der Waals surface area contributed by atoms with Gasteiger partial charge in [0, 0.05) is 30.9 Å². The fourth-order valence-electron chi connectivity index (χ4n) is 5.32. The number of nitrogens with one attached hydrogen (secondary N) is 2. The summed E-state index contributed by atoms with van der Waals surface area (Å²) in [5, 5.41) is 6.06. The molecule has 2 aliphatic rings. The van der Waals surface area contributed by atoms with Crippen molar-refractivity contribution in [1.29, 1.82) is 0 Å². The maximum Gasteiger partial charge on any atom is 0.294 e. The number of carbonyl (C=O) groups excluding carboxylic acids is 3. The van der Waals surface area contributed by atoms with Crippen LogP contribution in [0, 0.1) is 5.92 Å². The average Bonchev–Trinajstić information content (AvgIpc) is 3.36. The number of hydrogen-bond acceptors (Lipinski definition) is 8. The van der Waals surface area contributed by atoms with Gasteiger partial charge in [-0.1, -0.05) is 17.7 Å². The minimum absolute atomic E-state index is 0.00497. The van der Waals surface area contributed by atoms with E-state index in [0.29, 0.717) is 66.3 Å². The summed E-state index contributed by atoms with van der Waals surface area (Å²) in [5.41, 5.74) is 2.06. The quantitative estimate of drug-likeness (QED) is 0.342. The molecule has 1 saturated carbocycles. The van der Waals surface area contributed by atoms with Crippen LogP contribution in [0.5, 0.6) is 0 Å². The topological polar surface area (TPSA) is 140 Å². The average molecular weight is 575 g/mol. The lowest BCUT2D eigenvalue weighted by molar-refractivity contribution is -0.146. The van der Waals surface area contributed by atoms with Gasteiger partial charge in [0.2, 0.25) is 17.6 Å². The van der Waals surface area contributed by atoms with Gasteiger partial charge in [0.1, 0.15) is 23.6 Å². The summed E-state index contributed by atoms with van der Waals surface area (Å²) in [5.74, 6) is -0.946. The van der Waals surface area contributed by atoms with E-state index in [1.165, 1.54) is 6.20 Å². The molecule has 210 valence electrons. The van der Waals surface area contributed by atoms with Gasteiger partial charge >= 0.3 is 0 Å². The monoisotopic (exact) mass is 574 g/mol. The van der Waals surface area contributed by atoms with E-state index in [-0.39, 0.29) is 47.6 Å². The van der Waals surface area contributed by atoms with E-state index in [1.54, 1.807) is 30.5 Å². The summed E-state index contributed by atoms with van der Waals surface area (Å²) in [6, 6.07) is 12.2. The summed E-state index contributed by atoms with van der Waals surface area (Å²) in [6.07, 6.45) is 5.73. The van der Waals surface area contributed by atoms with Gasteiger partial charge < -0.3 is 24.7 Å². The number of rotatable bonds is 6. The van der Waals surface area contributed by atoms with E-state index in [2.05, 4.69) is 20.6 Å². The Kier molecular flexibility index (Phi) is 7.62. The standard InChI is InChI=1S/C29H27ClN6O5/c30-18-6-11-23(32-15-18)34-29(39)27-26(25-22(41-27)10-9-21(33-25)20-3-1-2-12-31-20)35-28(38)17-4-7-19(8-5-17)36-13-14-40-16-24(36)37/h1-3,6,9-12,15,17,19H,4-5,7-8,13-14,16H2,(H,35,38)(H,32,34,39). The van der Waals surface area contributed by atoms with Crippen LogP contribution in [0.2, 0.25) is 5.02 Å². The first-order valence-electron chi connectivity index (χ1n) is 13.4. The highest BCUT2D eigenvalue weighted by Crippen LogP contribution is 2.34. The fourth-order valence-corrected chi connectivity index (χ4v) is 5.43. The molecule has 12 heteroatoms. The predicted molar refractivity (Wildman–Crippen MR) is 151 cm³/mol. The summed E-state index contributed by atoms with van der Waals surface area (Å²) in [7, 11) is 0. The molecule has 0 spiro atoms. The summed E-state index contributed by atoms with van der Waals surface area (Å²) in [6.45, 7) is 1.22. The van der Waals surface area contributed by atoms with Gasteiger partial charge in [-0.15, -0.1) is 0 Å². The molecule has 6 rings (SSSR count). The number of furan rings is 1. The maximum absolute atomic E-state index is 13.5. The molecule has 0 aromatic carbocycles. The first-order valence-corrected chi connectivity index (χ1v) is 13.8. The van der Waals surface area contributed by atoms with E-state index >= 15 is 0 Å². The van der Waals surface area contributed by atoms with E-state index in [4.69, 9.17) is 25.7 Å². The number of hydrogen-bond donors (Lipinski definition) is 2. The van der Waals surface area contributed by atoms with E-state index in [0.717, 1.165) is 0 Å². The third-order valence-corrected chi connectivity index (χ3v) is 7.64. The Hall–Kier alpha value is -4.35. The van der Waals surface area contributed by atoms with Crippen molar-refractivity contribution < 1.29 is 23.5 Å². The van der Waals surface area contributed by atoms with E-state index < -0.39 is 5.91 Å². The van der Waals surface area contributed by atoms with Crippen molar-refractivity contribution in [1.82, 2.24) is 19.9 Å². The molecule has 5 heterocycles. The molecule has 0 bridgehead atoms. The van der Waals surface area contributed by atoms with Crippen molar-refractivity contribution >= 4 is 51.9 Å². The SMILES string of the molecule is O=C(Nc1ccc(Cl)cn1)c1oc2ccc(-c3ccccn3)nc2c1NC(=O)C1CCC(N2CCOCC2=O)CC1. The second kappa shape index (κ2) is 11.6. The number of fused-ring (bicyclic) bond motifs is 1. The molecule has 0 radical (unpaired) electrons. The Balaban J connectivity index is 1.26. The van der Waals surface area contributed by atoms with Gasteiger partial charge in [-0.3, -0.25) is 19.4 Å². The lowest BCUT2D eigenvalue weighted by Gasteiger charge is -2.38. The molecule has 4 aromatic rings. The van der Waals surface area contributed by atoms with Gasteiger partial charge in [0.05, 0.1) is 23.0 Å². The first-order chi connectivity index (χ1) is 20.0. The Morgan fingerprint density at radius 1 is 0.976 bits per heavy atom. The van der Waals surface area contributed by atoms with Crippen LogP contribution in [0.25, 0.3) is 22.5 Å². The zero-order valence-electron chi connectivity index (χ0n) is 22.0. The minimum Gasteiger partial charge on any atom is -0.447 e. The Morgan fingerprint density at radius 3 is 2.56 bits per heavy atom. The normalized spacial score (nSPS) is 19.2. The van der Waals surface area contributed by atoms with E-state index in [9.17, 15) is 14.4 Å². The van der Waals surface area contributed by atoms with Crippen molar-refractivity contribution in [2.24, 2.45) is 5.92 Å². The van der Waals surface area contributed by atoms with Crippen LogP contribution in [0.3, 0.4) is 0 Å². The van der Waals surface area contributed by atoms with Crippen LogP contribution < -0.4 is 10.6 Å². The summed E-state index contributed by atoms with van der Waals surface area (Å²) >= 11 is 5.92. The van der Waals surface area contributed by atoms with Crippen LogP contribution >= 0.6 is 11.6 Å². The molecule has 0 atom stereocenters. The zero-order chi connectivity index (χ0) is 28.3. The number of carbonyl (C=O) groups is 3. The number of ether oxygens (including phenoxy) is 1. The molecule has 11 nitrogen and oxygen atoms in total. The molecule has 1 aliphatic carbocycles. The highest BCUT2D eigenvalue weighted by atomic mass is 35.5. The first kappa shape index (κ1) is 26.9. The third kappa shape index (κ3) is 5.77. The molecule has 2 N–H and O–H groups in total. The molecule has 2 fully saturated rings. The zero-order valence-corrected chi connectivity index (χ0v) is 22.8. The molecule has 1 saturated heterocycles. The smallest absolute Gasteiger partial charge is 0.294 e. The van der Waals surface area contributed by atoms with Crippen molar-refractivity contribution in [3.8, 4) is 11.4 Å². The number of morpholine rings is 1. The number of amides is 3. The predicted octanol–water partition coefficient (Wildman–Crippen LogP) is 4.55. The lowest BCUT2D eigenvalue weighted by Crippen LogP contribution is -2.49. The maximum atomic E-state index is 13.5. The van der Waals surface area contributed by atoms with Crippen molar-refractivity contribution in [2.45, 2.75) is 31.7 Å². The number of nitrogens with zero attached hydrogens (tertiary/aromatic N) is 4. The van der Waals surface area contributed by atoms with Crippen molar-refractivity contribution in [3.63, 3.8) is 0 Å². The van der Waals surface area contributed by atoms with Gasteiger partial charge in [-0.05, 0) is 62.1 Å². The van der Waals surface area contributed by atoms with Crippen LogP contribution in [-0.4, -0.2) is 63.4 Å². The van der Waals surface area contributed by atoms with Crippen LogP contribution in [0.15, 0.2) is 59.3 Å². The van der Waals surface area contributed by atoms with Gasteiger partial charge in [0.25, 0.3) is 5.91 Å². The molecule has 4 aromatic heterocycles. The molecule has 41 heavy (non-hydrogen) atoms. The number of anilines is 2. The fraction of sp³-hybridized carbons (Fsp3) is 0.310. The molecule has 3 amide bonds. The third-order valence-electron chi connectivity index (χ3n) is 7.42. The highest BCUT2D eigenvalue weighted by molar-refractivity contribution is 6.30. The summed E-state index contributed by atoms with van der Waals surface area (Å²) in [4.78, 5) is 54.2. The Morgan fingerprint density at radius 2 is 1.83 bits per heavy atom. The number of halogens is 1. The van der Waals surface area contributed by atoms with Crippen LogP contribution in [0.1, 0.15) is 36.2 Å². The second-order valence-corrected chi connectivity index (χ2v) is 10.5. The van der Waals surface area contributed by atoms with Crippen molar-refractivity contribution in [3.05, 3.63) is 65.6 Å². The van der Waals surface area contributed by atoms with Crippen LogP contribution in [0.4, 0.5) is 11.5 Å². The van der Waals surface area contributed by atoms with Crippen LogP contribution in [-0.2, 0) is 14.3 Å². The van der Waals surface area contributed by atoms with E-state index in [1.807, 2.05) is 23.1 Å². The minimum atomic E-state index is -0.595. The molecule has 0 unspecified atom stereocenters. The molecular formula is C29H27ClN6O5. The Bertz CT molecular complexity index is 1580. The molecular weight excluding hydrogens is 548 g/mol. The number of pyridine rings is 3. The van der Waals surface area contributed by atoms with Gasteiger partial charge in [-0.25, -0.2) is 9.97 Å². The second-order valence-electron chi connectivity index (χ2n) is 10.0. The Labute approximate surface area is 240 Å². The summed E-state index contributed by atoms with van der Waals surface area (Å²) < 4.78 is 11.2. The molecule has 1 aliphatic heterocycles. The van der Waals surface area contributed by atoms with Crippen molar-refractivity contribution in [2.75, 3.05) is 30.4 Å². The highest BCUT2D eigenvalue weighted by Gasteiger charge is 2.34. The van der Waals surface area contributed by atoms with Gasteiger partial charge in [-0.2, -0.15) is 0 Å².